The summed E-state index contributed by atoms with van der Waals surface area (Å²) in [6.45, 7) is 3.38. The minimum Gasteiger partial charge on any atom is -0.478 e. The molecule has 1 N–H and O–H groups in total. The van der Waals surface area contributed by atoms with Gasteiger partial charge in [0.2, 0.25) is 5.91 Å². The molecule has 178 valence electrons. The van der Waals surface area contributed by atoms with Crippen LogP contribution in [-0.4, -0.2) is 61.1 Å². The van der Waals surface area contributed by atoms with Crippen molar-refractivity contribution < 1.29 is 22.7 Å². The zero-order chi connectivity index (χ0) is 23.4. The zero-order valence-corrected chi connectivity index (χ0v) is 19.7. The van der Waals surface area contributed by atoms with Gasteiger partial charge in [-0.15, -0.1) is 0 Å². The minimum atomic E-state index is -3.42. The molecule has 9 heteroatoms. The van der Waals surface area contributed by atoms with Crippen LogP contribution in [0.3, 0.4) is 0 Å². The lowest BCUT2D eigenvalue weighted by atomic mass is 10.0. The van der Waals surface area contributed by atoms with Crippen molar-refractivity contribution in [3.05, 3.63) is 47.2 Å². The number of aromatic nitrogens is 1. The molecule has 2 amide bonds. The second-order valence-corrected chi connectivity index (χ2v) is 11.1. The van der Waals surface area contributed by atoms with Gasteiger partial charge in [0.25, 0.3) is 5.91 Å². The standard InChI is InChI=1S/C24H31N3O5S/c1-2-3-23(28)27-12-9-20(10-13-27)33(30,31)19-6-4-17(5-7-19)15-26-24(29)21-14-18-8-11-25-16-22(18)32-21/h4,6-8,11,16-17,20-21H,2-3,5,9-10,12-15H2,1H3,(H,26,29). The molecular formula is C24H31N3O5S. The lowest BCUT2D eigenvalue weighted by Crippen LogP contribution is -2.42. The Balaban J connectivity index is 1.24. The van der Waals surface area contributed by atoms with Crippen molar-refractivity contribution in [1.82, 2.24) is 15.2 Å². The number of ether oxygens (including phenoxy) is 1. The van der Waals surface area contributed by atoms with E-state index in [2.05, 4.69) is 10.3 Å². The Labute approximate surface area is 195 Å². The van der Waals surface area contributed by atoms with Crippen molar-refractivity contribution >= 4 is 21.7 Å². The van der Waals surface area contributed by atoms with Gasteiger partial charge in [-0.1, -0.05) is 19.1 Å². The van der Waals surface area contributed by atoms with Gasteiger partial charge in [-0.2, -0.15) is 0 Å². The van der Waals surface area contributed by atoms with Crippen molar-refractivity contribution in [2.24, 2.45) is 5.92 Å². The third-order valence-corrected chi connectivity index (χ3v) is 8.86. The quantitative estimate of drug-likeness (QED) is 0.651. The summed E-state index contributed by atoms with van der Waals surface area (Å²) in [5.41, 5.74) is 0.973. The number of rotatable bonds is 7. The molecule has 2 atom stereocenters. The van der Waals surface area contributed by atoms with Gasteiger partial charge in [0.05, 0.1) is 16.4 Å². The van der Waals surface area contributed by atoms with E-state index < -0.39 is 21.2 Å². The second kappa shape index (κ2) is 10.1. The molecular weight excluding hydrogens is 442 g/mol. The summed E-state index contributed by atoms with van der Waals surface area (Å²) in [7, 11) is -3.42. The molecule has 1 aromatic heterocycles. The fraction of sp³-hybridized carbons (Fsp3) is 0.542. The van der Waals surface area contributed by atoms with Gasteiger partial charge in [-0.3, -0.25) is 14.6 Å². The number of carbonyl (C=O) groups is 2. The SMILES string of the molecule is CCCC(=O)N1CCC(S(=O)(=O)C2=CCC(CNC(=O)C3Cc4ccncc4O3)C=C2)CC1. The van der Waals surface area contributed by atoms with E-state index in [9.17, 15) is 18.0 Å². The molecule has 2 unspecified atom stereocenters. The lowest BCUT2D eigenvalue weighted by molar-refractivity contribution is -0.132. The number of hydrogen-bond donors (Lipinski definition) is 1. The van der Waals surface area contributed by atoms with Crippen LogP contribution in [0.2, 0.25) is 0 Å². The second-order valence-electron chi connectivity index (χ2n) is 8.88. The first-order chi connectivity index (χ1) is 15.9. The summed E-state index contributed by atoms with van der Waals surface area (Å²) in [6.07, 6.45) is 11.4. The number of pyridine rings is 1. The first kappa shape index (κ1) is 23.5. The first-order valence-corrected chi connectivity index (χ1v) is 13.2. The summed E-state index contributed by atoms with van der Waals surface area (Å²) >= 11 is 0. The number of sulfone groups is 1. The van der Waals surface area contributed by atoms with Gasteiger partial charge < -0.3 is 15.0 Å². The van der Waals surface area contributed by atoms with Crippen molar-refractivity contribution in [2.75, 3.05) is 19.6 Å². The molecule has 1 fully saturated rings. The van der Waals surface area contributed by atoms with E-state index in [4.69, 9.17) is 4.74 Å². The maximum absolute atomic E-state index is 13.1. The van der Waals surface area contributed by atoms with Crippen LogP contribution < -0.4 is 10.1 Å². The molecule has 0 radical (unpaired) electrons. The summed E-state index contributed by atoms with van der Waals surface area (Å²) in [5, 5.41) is 2.47. The van der Waals surface area contributed by atoms with Crippen LogP contribution in [0.15, 0.2) is 41.6 Å². The van der Waals surface area contributed by atoms with E-state index >= 15 is 0 Å². The predicted molar refractivity (Wildman–Crippen MR) is 124 cm³/mol. The molecule has 0 spiro atoms. The van der Waals surface area contributed by atoms with Crippen LogP contribution >= 0.6 is 0 Å². The Kier molecular flexibility index (Phi) is 7.17. The smallest absolute Gasteiger partial charge is 0.261 e. The predicted octanol–water partition coefficient (Wildman–Crippen LogP) is 2.17. The van der Waals surface area contributed by atoms with Gasteiger partial charge in [0, 0.05) is 44.2 Å². The third kappa shape index (κ3) is 5.29. The number of nitrogens with one attached hydrogen (secondary N) is 1. The number of amides is 2. The molecule has 33 heavy (non-hydrogen) atoms. The monoisotopic (exact) mass is 473 g/mol. The van der Waals surface area contributed by atoms with E-state index in [1.54, 1.807) is 29.4 Å². The highest BCUT2D eigenvalue weighted by Crippen LogP contribution is 2.29. The summed E-state index contributed by atoms with van der Waals surface area (Å²) < 4.78 is 31.8. The van der Waals surface area contributed by atoms with Crippen LogP contribution in [0.5, 0.6) is 5.75 Å². The van der Waals surface area contributed by atoms with Crippen molar-refractivity contribution in [3.8, 4) is 5.75 Å². The van der Waals surface area contributed by atoms with Gasteiger partial charge in [-0.05, 0) is 43.7 Å². The fourth-order valence-electron chi connectivity index (χ4n) is 4.56. The Morgan fingerprint density at radius 2 is 2.06 bits per heavy atom. The van der Waals surface area contributed by atoms with E-state index in [1.807, 2.05) is 19.1 Å². The van der Waals surface area contributed by atoms with Crippen LogP contribution in [0.4, 0.5) is 0 Å². The van der Waals surface area contributed by atoms with E-state index in [-0.39, 0.29) is 17.7 Å². The highest BCUT2D eigenvalue weighted by Gasteiger charge is 2.34. The van der Waals surface area contributed by atoms with Crippen molar-refractivity contribution in [1.29, 1.82) is 0 Å². The van der Waals surface area contributed by atoms with E-state index in [1.165, 1.54) is 0 Å². The van der Waals surface area contributed by atoms with E-state index in [0.29, 0.717) is 62.4 Å². The normalized spacial score (nSPS) is 22.9. The fourth-order valence-corrected chi connectivity index (χ4v) is 6.37. The topological polar surface area (TPSA) is 106 Å². The number of nitrogens with zero attached hydrogens (tertiary/aromatic N) is 2. The zero-order valence-electron chi connectivity index (χ0n) is 18.9. The summed E-state index contributed by atoms with van der Waals surface area (Å²) in [6, 6.07) is 1.85. The average Bonchev–Trinajstić information content (AvgIpc) is 3.27. The molecule has 8 nitrogen and oxygen atoms in total. The number of fused-ring (bicyclic) bond motifs is 1. The molecule has 3 heterocycles. The average molecular weight is 474 g/mol. The van der Waals surface area contributed by atoms with Crippen LogP contribution in [-0.2, 0) is 25.8 Å². The Morgan fingerprint density at radius 3 is 2.73 bits per heavy atom. The molecule has 4 rings (SSSR count). The van der Waals surface area contributed by atoms with Crippen molar-refractivity contribution in [2.45, 2.75) is 56.8 Å². The highest BCUT2D eigenvalue weighted by atomic mass is 32.2. The maximum Gasteiger partial charge on any atom is 0.261 e. The van der Waals surface area contributed by atoms with Crippen LogP contribution in [0.1, 0.15) is 44.6 Å². The lowest BCUT2D eigenvalue weighted by Gasteiger charge is -2.32. The largest absolute Gasteiger partial charge is 0.478 e. The van der Waals surface area contributed by atoms with Gasteiger partial charge >= 0.3 is 0 Å². The maximum atomic E-state index is 13.1. The van der Waals surface area contributed by atoms with Crippen LogP contribution in [0.25, 0.3) is 0 Å². The molecule has 2 aliphatic heterocycles. The molecule has 0 aromatic carbocycles. The van der Waals surface area contributed by atoms with Gasteiger partial charge in [-0.25, -0.2) is 8.42 Å². The molecule has 0 bridgehead atoms. The van der Waals surface area contributed by atoms with Crippen molar-refractivity contribution in [3.63, 3.8) is 0 Å². The molecule has 1 aromatic rings. The van der Waals surface area contributed by atoms with Gasteiger partial charge in [0.15, 0.2) is 15.9 Å². The van der Waals surface area contributed by atoms with E-state index in [0.717, 1.165) is 12.0 Å². The minimum absolute atomic E-state index is 0.0341. The number of carbonyl (C=O) groups excluding carboxylic acids is 2. The Bertz CT molecular complexity index is 1030. The van der Waals surface area contributed by atoms with Crippen LogP contribution in [0, 0.1) is 5.92 Å². The number of allylic oxidation sites excluding steroid dienone is 2. The highest BCUT2D eigenvalue weighted by molar-refractivity contribution is 7.96. The molecule has 1 aliphatic carbocycles. The number of likely N-dealkylation sites (tertiary alicyclic amines) is 1. The number of hydrogen-bond acceptors (Lipinski definition) is 6. The first-order valence-electron chi connectivity index (χ1n) is 11.7. The molecule has 3 aliphatic rings. The van der Waals surface area contributed by atoms with Gasteiger partial charge in [0.1, 0.15) is 5.75 Å². The number of piperidine rings is 1. The molecule has 1 saturated heterocycles. The summed E-state index contributed by atoms with van der Waals surface area (Å²) in [5.74, 6) is 0.616. The third-order valence-electron chi connectivity index (χ3n) is 6.56. The Morgan fingerprint density at radius 1 is 1.27 bits per heavy atom. The molecule has 0 saturated carbocycles. The summed E-state index contributed by atoms with van der Waals surface area (Å²) in [4.78, 5) is 30.7. The Hall–Kier alpha value is -2.68.